The number of hydrogen-bond acceptors (Lipinski definition) is 4. The quantitative estimate of drug-likeness (QED) is 0.398. The summed E-state index contributed by atoms with van der Waals surface area (Å²) in [5.41, 5.74) is 1.58. The monoisotopic (exact) mass is 412 g/mol. The Bertz CT molecular complexity index is 930. The summed E-state index contributed by atoms with van der Waals surface area (Å²) in [6.45, 7) is 3.36. The Hall–Kier alpha value is -2.67. The summed E-state index contributed by atoms with van der Waals surface area (Å²) in [4.78, 5) is 12.1. The van der Waals surface area contributed by atoms with Crippen LogP contribution in [-0.2, 0) is 17.8 Å². The van der Waals surface area contributed by atoms with Crippen molar-refractivity contribution in [2.45, 2.75) is 37.9 Å². The van der Waals surface area contributed by atoms with Gasteiger partial charge in [-0.3, -0.25) is 4.79 Å². The summed E-state index contributed by atoms with van der Waals surface area (Å²) in [5, 5.41) is 12.0. The minimum Gasteiger partial charge on any atom is -0.355 e. The van der Waals surface area contributed by atoms with Gasteiger partial charge < -0.3 is 9.88 Å². The lowest BCUT2D eigenvalue weighted by Crippen LogP contribution is -2.26. The van der Waals surface area contributed by atoms with E-state index in [1.54, 1.807) is 18.2 Å². The van der Waals surface area contributed by atoms with E-state index in [2.05, 4.69) is 34.6 Å². The number of nitrogens with zero attached hydrogens (tertiary/aromatic N) is 3. The topological polar surface area (TPSA) is 59.8 Å². The highest BCUT2D eigenvalue weighted by molar-refractivity contribution is 7.99. The molecule has 1 heterocycles. The second-order valence-electron chi connectivity index (χ2n) is 6.67. The zero-order valence-electron chi connectivity index (χ0n) is 16.5. The van der Waals surface area contributed by atoms with E-state index in [9.17, 15) is 9.18 Å². The molecule has 0 unspecified atom stereocenters. The molecule has 2 aromatic carbocycles. The Kier molecular flexibility index (Phi) is 7.81. The highest BCUT2D eigenvalue weighted by atomic mass is 32.2. The number of halogens is 1. The first-order valence-corrected chi connectivity index (χ1v) is 10.8. The van der Waals surface area contributed by atoms with Crippen LogP contribution in [-0.4, -0.2) is 33.0 Å². The van der Waals surface area contributed by atoms with Crippen molar-refractivity contribution >= 4 is 17.7 Å². The Morgan fingerprint density at radius 2 is 1.86 bits per heavy atom. The van der Waals surface area contributed by atoms with Gasteiger partial charge in [0.1, 0.15) is 5.82 Å². The Morgan fingerprint density at radius 3 is 2.62 bits per heavy atom. The maximum Gasteiger partial charge on any atom is 0.230 e. The van der Waals surface area contributed by atoms with Gasteiger partial charge in [0, 0.05) is 13.1 Å². The number of amides is 1. The SMILES string of the molecule is CCCCNC(=O)CSc1nnc(-c2ccccc2F)n1CCc1ccccc1. The van der Waals surface area contributed by atoms with Gasteiger partial charge in [0.15, 0.2) is 11.0 Å². The molecule has 1 aromatic heterocycles. The largest absolute Gasteiger partial charge is 0.355 e. The van der Waals surface area contributed by atoms with Gasteiger partial charge in [0.25, 0.3) is 0 Å². The highest BCUT2D eigenvalue weighted by Gasteiger charge is 2.18. The Balaban J connectivity index is 1.78. The lowest BCUT2D eigenvalue weighted by molar-refractivity contribution is -0.118. The fraction of sp³-hybridized carbons (Fsp3) is 0.318. The molecule has 0 aliphatic heterocycles. The van der Waals surface area contributed by atoms with E-state index in [4.69, 9.17) is 0 Å². The number of thioether (sulfide) groups is 1. The lowest BCUT2D eigenvalue weighted by Gasteiger charge is -2.11. The van der Waals surface area contributed by atoms with Crippen molar-refractivity contribution in [1.29, 1.82) is 0 Å². The Labute approximate surface area is 174 Å². The van der Waals surface area contributed by atoms with Gasteiger partial charge in [0.2, 0.25) is 5.91 Å². The molecule has 7 heteroatoms. The van der Waals surface area contributed by atoms with E-state index in [-0.39, 0.29) is 17.5 Å². The van der Waals surface area contributed by atoms with Crippen molar-refractivity contribution in [3.8, 4) is 11.4 Å². The molecule has 1 N–H and O–H groups in total. The maximum absolute atomic E-state index is 14.4. The van der Waals surface area contributed by atoms with Gasteiger partial charge >= 0.3 is 0 Å². The predicted octanol–water partition coefficient (Wildman–Crippen LogP) is 4.34. The number of carbonyl (C=O) groups is 1. The number of aromatic nitrogens is 3. The van der Waals surface area contributed by atoms with E-state index in [0.717, 1.165) is 19.3 Å². The minimum absolute atomic E-state index is 0.0338. The molecule has 0 fully saturated rings. The third-order valence-electron chi connectivity index (χ3n) is 4.48. The van der Waals surface area contributed by atoms with Crippen LogP contribution in [0.4, 0.5) is 4.39 Å². The number of hydrogen-bond donors (Lipinski definition) is 1. The lowest BCUT2D eigenvalue weighted by atomic mass is 10.1. The standard InChI is InChI=1S/C22H25FN4OS/c1-2-3-14-24-20(28)16-29-22-26-25-21(18-11-7-8-12-19(18)23)27(22)15-13-17-9-5-4-6-10-17/h4-12H,2-3,13-16H2,1H3,(H,24,28). The summed E-state index contributed by atoms with van der Waals surface area (Å²) < 4.78 is 16.3. The molecule has 0 radical (unpaired) electrons. The van der Waals surface area contributed by atoms with Gasteiger partial charge in [-0.15, -0.1) is 10.2 Å². The summed E-state index contributed by atoms with van der Waals surface area (Å²) in [7, 11) is 0. The third-order valence-corrected chi connectivity index (χ3v) is 5.45. The number of benzene rings is 2. The molecule has 3 rings (SSSR count). The first-order valence-electron chi connectivity index (χ1n) is 9.80. The van der Waals surface area contributed by atoms with E-state index in [1.165, 1.54) is 23.4 Å². The van der Waals surface area contributed by atoms with Crippen LogP contribution in [0.5, 0.6) is 0 Å². The number of rotatable bonds is 10. The van der Waals surface area contributed by atoms with Crippen molar-refractivity contribution in [2.24, 2.45) is 0 Å². The fourth-order valence-corrected chi connectivity index (χ4v) is 3.70. The molecule has 0 saturated carbocycles. The smallest absolute Gasteiger partial charge is 0.230 e. The minimum atomic E-state index is -0.338. The number of unbranched alkanes of at least 4 members (excludes halogenated alkanes) is 1. The zero-order chi connectivity index (χ0) is 20.5. The van der Waals surface area contributed by atoms with Crippen LogP contribution in [0, 0.1) is 5.82 Å². The van der Waals surface area contributed by atoms with E-state index < -0.39 is 0 Å². The highest BCUT2D eigenvalue weighted by Crippen LogP contribution is 2.26. The van der Waals surface area contributed by atoms with Crippen molar-refractivity contribution in [2.75, 3.05) is 12.3 Å². The van der Waals surface area contributed by atoms with Crippen molar-refractivity contribution in [1.82, 2.24) is 20.1 Å². The second-order valence-corrected chi connectivity index (χ2v) is 7.61. The zero-order valence-corrected chi connectivity index (χ0v) is 17.3. The van der Waals surface area contributed by atoms with Gasteiger partial charge in [-0.25, -0.2) is 4.39 Å². The van der Waals surface area contributed by atoms with Gasteiger partial charge in [-0.2, -0.15) is 0 Å². The van der Waals surface area contributed by atoms with Crippen molar-refractivity contribution in [3.63, 3.8) is 0 Å². The van der Waals surface area contributed by atoms with Crippen LogP contribution in [0.15, 0.2) is 59.8 Å². The molecule has 152 valence electrons. The molecule has 0 aliphatic carbocycles. The van der Waals surface area contributed by atoms with Gasteiger partial charge in [0.05, 0.1) is 11.3 Å². The molecule has 0 aliphatic rings. The van der Waals surface area contributed by atoms with Crippen LogP contribution in [0.3, 0.4) is 0 Å². The average molecular weight is 413 g/mol. The molecule has 0 atom stereocenters. The Morgan fingerprint density at radius 1 is 1.10 bits per heavy atom. The second kappa shape index (κ2) is 10.8. The molecule has 0 bridgehead atoms. The molecule has 0 spiro atoms. The van der Waals surface area contributed by atoms with E-state index in [1.807, 2.05) is 22.8 Å². The molecule has 0 saturated heterocycles. The summed E-state index contributed by atoms with van der Waals surface area (Å²) in [5.74, 6) is 0.362. The molecular weight excluding hydrogens is 387 g/mol. The first kappa shape index (κ1) is 21.0. The van der Waals surface area contributed by atoms with Crippen LogP contribution >= 0.6 is 11.8 Å². The number of nitrogens with one attached hydrogen (secondary N) is 1. The van der Waals surface area contributed by atoms with Gasteiger partial charge in [-0.05, 0) is 30.5 Å². The van der Waals surface area contributed by atoms with Crippen molar-refractivity contribution < 1.29 is 9.18 Å². The van der Waals surface area contributed by atoms with Crippen molar-refractivity contribution in [3.05, 3.63) is 66.0 Å². The third kappa shape index (κ3) is 5.90. The van der Waals surface area contributed by atoms with Crippen LogP contribution < -0.4 is 5.32 Å². The number of aryl methyl sites for hydroxylation is 1. The molecule has 3 aromatic rings. The first-order chi connectivity index (χ1) is 14.2. The molecule has 29 heavy (non-hydrogen) atoms. The summed E-state index contributed by atoms with van der Waals surface area (Å²) in [6.07, 6.45) is 2.75. The van der Waals surface area contributed by atoms with Gasteiger partial charge in [-0.1, -0.05) is 67.6 Å². The molecule has 1 amide bonds. The maximum atomic E-state index is 14.4. The van der Waals surface area contributed by atoms with Crippen LogP contribution in [0.25, 0.3) is 11.4 Å². The van der Waals surface area contributed by atoms with E-state index >= 15 is 0 Å². The predicted molar refractivity (Wildman–Crippen MR) is 114 cm³/mol. The van der Waals surface area contributed by atoms with Crippen LogP contribution in [0.2, 0.25) is 0 Å². The molecule has 5 nitrogen and oxygen atoms in total. The van der Waals surface area contributed by atoms with Crippen LogP contribution in [0.1, 0.15) is 25.3 Å². The number of carbonyl (C=O) groups excluding carboxylic acids is 1. The normalized spacial score (nSPS) is 10.8. The average Bonchev–Trinajstić information content (AvgIpc) is 3.14. The summed E-state index contributed by atoms with van der Waals surface area (Å²) in [6, 6.07) is 16.6. The van der Waals surface area contributed by atoms with E-state index in [0.29, 0.717) is 29.6 Å². The fourth-order valence-electron chi connectivity index (χ4n) is 2.91. The summed E-state index contributed by atoms with van der Waals surface area (Å²) >= 11 is 1.32. The molecular formula is C22H25FN4OS.